The summed E-state index contributed by atoms with van der Waals surface area (Å²) in [4.78, 5) is 0. The highest BCUT2D eigenvalue weighted by Gasteiger charge is 2.21. The van der Waals surface area contributed by atoms with Crippen molar-refractivity contribution >= 4 is 34.2 Å². The van der Waals surface area contributed by atoms with Crippen molar-refractivity contribution in [3.8, 4) is 0 Å². The number of rotatable bonds is 4. The van der Waals surface area contributed by atoms with E-state index >= 15 is 0 Å². The van der Waals surface area contributed by atoms with Gasteiger partial charge in [0.25, 0.3) is 0 Å². The summed E-state index contributed by atoms with van der Waals surface area (Å²) in [5.74, 6) is 6.39. The summed E-state index contributed by atoms with van der Waals surface area (Å²) in [6, 6.07) is 6.12. The van der Waals surface area contributed by atoms with Crippen LogP contribution >= 0.6 is 34.2 Å². The predicted octanol–water partition coefficient (Wildman–Crippen LogP) is 3.27. The Morgan fingerprint density at radius 1 is 1.44 bits per heavy atom. The van der Waals surface area contributed by atoms with Gasteiger partial charge in [-0.15, -0.1) is 0 Å². The van der Waals surface area contributed by atoms with Crippen molar-refractivity contribution < 1.29 is 4.74 Å². The molecule has 100 valence electrons. The van der Waals surface area contributed by atoms with E-state index in [4.69, 9.17) is 22.2 Å². The SMILES string of the molecule is NNC(CC1CCOCC1)c1cc(Cl)ccc1I. The van der Waals surface area contributed by atoms with E-state index in [0.29, 0.717) is 5.92 Å². The molecule has 0 spiro atoms. The normalized spacial score (nSPS) is 18.8. The van der Waals surface area contributed by atoms with Crippen LogP contribution in [0.1, 0.15) is 30.9 Å². The molecule has 1 saturated heterocycles. The van der Waals surface area contributed by atoms with Gasteiger partial charge in [-0.3, -0.25) is 11.3 Å². The van der Waals surface area contributed by atoms with Gasteiger partial charge in [0, 0.05) is 27.8 Å². The van der Waals surface area contributed by atoms with Crippen molar-refractivity contribution in [1.29, 1.82) is 0 Å². The quantitative estimate of drug-likeness (QED) is 0.479. The van der Waals surface area contributed by atoms with Crippen LogP contribution in [0.15, 0.2) is 18.2 Å². The van der Waals surface area contributed by atoms with Gasteiger partial charge in [0.15, 0.2) is 0 Å². The summed E-state index contributed by atoms with van der Waals surface area (Å²) >= 11 is 8.40. The second-order valence-corrected chi connectivity index (χ2v) is 6.28. The fourth-order valence-electron chi connectivity index (χ4n) is 2.38. The van der Waals surface area contributed by atoms with Crippen LogP contribution < -0.4 is 11.3 Å². The van der Waals surface area contributed by atoms with Crippen molar-refractivity contribution in [2.45, 2.75) is 25.3 Å². The van der Waals surface area contributed by atoms with E-state index in [2.05, 4.69) is 28.0 Å². The third-order valence-electron chi connectivity index (χ3n) is 3.44. The number of nitrogens with one attached hydrogen (secondary N) is 1. The summed E-state index contributed by atoms with van der Waals surface area (Å²) in [7, 11) is 0. The minimum Gasteiger partial charge on any atom is -0.381 e. The molecule has 0 amide bonds. The van der Waals surface area contributed by atoms with E-state index in [1.54, 1.807) is 0 Å². The molecule has 1 heterocycles. The third-order valence-corrected chi connectivity index (χ3v) is 4.66. The summed E-state index contributed by atoms with van der Waals surface area (Å²) in [6.07, 6.45) is 3.28. The molecular weight excluding hydrogens is 363 g/mol. The largest absolute Gasteiger partial charge is 0.381 e. The van der Waals surface area contributed by atoms with Gasteiger partial charge in [-0.2, -0.15) is 0 Å². The lowest BCUT2D eigenvalue weighted by Gasteiger charge is -2.27. The first-order valence-corrected chi connectivity index (χ1v) is 7.65. The van der Waals surface area contributed by atoms with Crippen LogP contribution in [0.2, 0.25) is 5.02 Å². The average Bonchev–Trinajstić information content (AvgIpc) is 2.40. The Labute approximate surface area is 127 Å². The van der Waals surface area contributed by atoms with Crippen molar-refractivity contribution in [2.75, 3.05) is 13.2 Å². The second-order valence-electron chi connectivity index (χ2n) is 4.68. The molecule has 0 bridgehead atoms. The highest BCUT2D eigenvalue weighted by molar-refractivity contribution is 14.1. The van der Waals surface area contributed by atoms with Crippen molar-refractivity contribution in [1.82, 2.24) is 5.43 Å². The number of hydrazine groups is 1. The smallest absolute Gasteiger partial charge is 0.0473 e. The minimum atomic E-state index is 0.165. The van der Waals surface area contributed by atoms with E-state index in [0.717, 1.165) is 37.5 Å². The highest BCUT2D eigenvalue weighted by atomic mass is 127. The Kier molecular flexibility index (Phi) is 5.69. The molecule has 0 saturated carbocycles. The molecule has 0 radical (unpaired) electrons. The fourth-order valence-corrected chi connectivity index (χ4v) is 3.27. The molecule has 1 unspecified atom stereocenters. The third kappa shape index (κ3) is 3.81. The summed E-state index contributed by atoms with van der Waals surface area (Å²) in [5, 5.41) is 0.762. The molecule has 2 rings (SSSR count). The van der Waals surface area contributed by atoms with E-state index in [9.17, 15) is 0 Å². The first kappa shape index (κ1) is 14.5. The molecule has 1 aromatic carbocycles. The van der Waals surface area contributed by atoms with Crippen molar-refractivity contribution in [3.05, 3.63) is 32.4 Å². The number of ether oxygens (including phenoxy) is 1. The zero-order valence-corrected chi connectivity index (χ0v) is 13.1. The van der Waals surface area contributed by atoms with Crippen LogP contribution in [-0.2, 0) is 4.74 Å². The van der Waals surface area contributed by atoms with Gasteiger partial charge in [0.2, 0.25) is 0 Å². The maximum Gasteiger partial charge on any atom is 0.0473 e. The molecule has 1 fully saturated rings. The lowest BCUT2D eigenvalue weighted by atomic mass is 9.90. The molecule has 1 aromatic rings. The standard InChI is InChI=1S/C13H18ClIN2O/c14-10-1-2-12(15)11(8-10)13(17-16)7-9-3-5-18-6-4-9/h1-2,8-9,13,17H,3-7,16H2. The van der Waals surface area contributed by atoms with Gasteiger partial charge in [-0.1, -0.05) is 11.6 Å². The zero-order valence-electron chi connectivity index (χ0n) is 10.2. The summed E-state index contributed by atoms with van der Waals surface area (Å²) in [6.45, 7) is 1.74. The molecule has 1 aliphatic rings. The lowest BCUT2D eigenvalue weighted by Crippen LogP contribution is -2.31. The second kappa shape index (κ2) is 7.05. The van der Waals surface area contributed by atoms with Gasteiger partial charge >= 0.3 is 0 Å². The highest BCUT2D eigenvalue weighted by Crippen LogP contribution is 2.31. The average molecular weight is 381 g/mol. The molecule has 0 aliphatic carbocycles. The number of halogens is 2. The van der Waals surface area contributed by atoms with Crippen molar-refractivity contribution in [2.24, 2.45) is 11.8 Å². The Morgan fingerprint density at radius 3 is 2.83 bits per heavy atom. The van der Waals surface area contributed by atoms with E-state index in [1.807, 2.05) is 18.2 Å². The van der Waals surface area contributed by atoms with E-state index < -0.39 is 0 Å². The molecular formula is C13H18ClIN2O. The first-order chi connectivity index (χ1) is 8.70. The molecule has 3 nitrogen and oxygen atoms in total. The van der Waals surface area contributed by atoms with Crippen LogP contribution in [0.5, 0.6) is 0 Å². The monoisotopic (exact) mass is 380 g/mol. The molecule has 3 N–H and O–H groups in total. The van der Waals surface area contributed by atoms with Crippen LogP contribution in [0.25, 0.3) is 0 Å². The van der Waals surface area contributed by atoms with E-state index in [1.165, 1.54) is 9.13 Å². The Balaban J connectivity index is 2.09. The van der Waals surface area contributed by atoms with Gasteiger partial charge in [-0.25, -0.2) is 0 Å². The van der Waals surface area contributed by atoms with Gasteiger partial charge in [0.05, 0.1) is 0 Å². The minimum absolute atomic E-state index is 0.165. The molecule has 0 aromatic heterocycles. The summed E-state index contributed by atoms with van der Waals surface area (Å²) < 4.78 is 6.59. The topological polar surface area (TPSA) is 47.3 Å². The van der Waals surface area contributed by atoms with Crippen LogP contribution in [0.3, 0.4) is 0 Å². The molecule has 5 heteroatoms. The molecule has 1 atom stereocenters. The van der Waals surface area contributed by atoms with Gasteiger partial charge < -0.3 is 4.74 Å². The number of nitrogens with two attached hydrogens (primary N) is 1. The van der Waals surface area contributed by atoms with Crippen molar-refractivity contribution in [3.63, 3.8) is 0 Å². The Morgan fingerprint density at radius 2 is 2.17 bits per heavy atom. The van der Waals surface area contributed by atoms with Crippen LogP contribution in [0, 0.1) is 9.49 Å². The Bertz CT molecular complexity index is 397. The van der Waals surface area contributed by atoms with Gasteiger partial charge in [0.1, 0.15) is 0 Å². The number of benzene rings is 1. The Hall–Kier alpha value is 0.120. The first-order valence-electron chi connectivity index (χ1n) is 6.19. The number of hydrogen-bond acceptors (Lipinski definition) is 3. The maximum absolute atomic E-state index is 6.07. The predicted molar refractivity (Wildman–Crippen MR) is 82.4 cm³/mol. The lowest BCUT2D eigenvalue weighted by molar-refractivity contribution is 0.0605. The summed E-state index contributed by atoms with van der Waals surface area (Å²) in [5.41, 5.74) is 4.12. The molecule has 1 aliphatic heterocycles. The number of hydrogen-bond donors (Lipinski definition) is 2. The van der Waals surface area contributed by atoms with Gasteiger partial charge in [-0.05, 0) is 71.5 Å². The van der Waals surface area contributed by atoms with E-state index in [-0.39, 0.29) is 6.04 Å². The maximum atomic E-state index is 6.07. The zero-order chi connectivity index (χ0) is 13.0. The fraction of sp³-hybridized carbons (Fsp3) is 0.538. The molecule has 18 heavy (non-hydrogen) atoms. The van der Waals surface area contributed by atoms with Crippen LogP contribution in [-0.4, -0.2) is 13.2 Å². The van der Waals surface area contributed by atoms with Crippen LogP contribution in [0.4, 0.5) is 0 Å².